The molecule has 0 saturated carbocycles. The van der Waals surface area contributed by atoms with Crippen LogP contribution < -0.4 is 56.5 Å². The fraction of sp³-hybridized carbons (Fsp3) is 0. The van der Waals surface area contributed by atoms with Gasteiger partial charge >= 0.3 is 51.4 Å². The summed E-state index contributed by atoms with van der Waals surface area (Å²) >= 11 is 0. The van der Waals surface area contributed by atoms with Crippen LogP contribution in [-0.4, -0.2) is 10.2 Å². The van der Waals surface area contributed by atoms with Gasteiger partial charge in [-0.2, -0.15) is 0 Å². The monoisotopic (exact) mass is 366 g/mol. The first-order chi connectivity index (χ1) is 10.9. The average molecular weight is 366 g/mol. The van der Waals surface area contributed by atoms with E-state index in [0.29, 0.717) is 0 Å². The first-order valence-corrected chi connectivity index (χ1v) is 6.03. The van der Waals surface area contributed by atoms with Gasteiger partial charge in [0.2, 0.25) is 11.7 Å². The van der Waals surface area contributed by atoms with E-state index in [4.69, 9.17) is 4.42 Å². The van der Waals surface area contributed by atoms with Crippen LogP contribution in [-0.2, 0) is 0 Å². The standard InChI is InChI=1S/C14H5F5N2O2.K/c15-8-7(9(16)11(18)12(19)10(8)17)14-21-20-13(23-14)5-1-3-6(22)4-2-5;/h1-4,22H;/q;+1/p-1. The molecule has 0 bridgehead atoms. The molecule has 24 heavy (non-hydrogen) atoms. The minimum atomic E-state index is -2.28. The maximum Gasteiger partial charge on any atom is 1.00 e. The molecule has 3 rings (SSSR count). The number of benzene rings is 2. The fourth-order valence-corrected chi connectivity index (χ4v) is 1.83. The van der Waals surface area contributed by atoms with E-state index in [1.165, 1.54) is 24.3 Å². The molecule has 118 valence electrons. The van der Waals surface area contributed by atoms with Crippen LogP contribution in [0.4, 0.5) is 22.0 Å². The van der Waals surface area contributed by atoms with Crippen LogP contribution in [0.5, 0.6) is 5.75 Å². The van der Waals surface area contributed by atoms with Gasteiger partial charge in [0.1, 0.15) is 5.56 Å². The van der Waals surface area contributed by atoms with E-state index >= 15 is 0 Å². The number of rotatable bonds is 2. The third-order valence-corrected chi connectivity index (χ3v) is 2.95. The summed E-state index contributed by atoms with van der Waals surface area (Å²) in [5, 5.41) is 17.7. The molecule has 0 spiro atoms. The second-order valence-electron chi connectivity index (χ2n) is 4.38. The number of aromatic nitrogens is 2. The smallest absolute Gasteiger partial charge is 0.872 e. The SMILES string of the molecule is [K+].[O-]c1ccc(-c2nnc(-c3c(F)c(F)c(F)c(F)c3F)o2)cc1. The molecule has 0 amide bonds. The second-order valence-corrected chi connectivity index (χ2v) is 4.38. The third kappa shape index (κ3) is 3.24. The summed E-state index contributed by atoms with van der Waals surface area (Å²) in [5.74, 6) is -12.1. The molecule has 0 unspecified atom stereocenters. The van der Waals surface area contributed by atoms with E-state index in [1.54, 1.807) is 0 Å². The molecule has 0 fully saturated rings. The predicted octanol–water partition coefficient (Wildman–Crippen LogP) is 0.177. The molecule has 0 aliphatic heterocycles. The van der Waals surface area contributed by atoms with Crippen molar-refractivity contribution in [3.05, 3.63) is 53.4 Å². The molecule has 1 heterocycles. The molecule has 0 aliphatic rings. The summed E-state index contributed by atoms with van der Waals surface area (Å²) < 4.78 is 71.6. The van der Waals surface area contributed by atoms with Crippen molar-refractivity contribution >= 4 is 0 Å². The third-order valence-electron chi connectivity index (χ3n) is 2.95. The van der Waals surface area contributed by atoms with E-state index in [2.05, 4.69) is 10.2 Å². The van der Waals surface area contributed by atoms with Crippen molar-refractivity contribution in [1.82, 2.24) is 10.2 Å². The number of hydrogen-bond acceptors (Lipinski definition) is 4. The molecule has 0 N–H and O–H groups in total. The van der Waals surface area contributed by atoms with Crippen LogP contribution in [0.3, 0.4) is 0 Å². The van der Waals surface area contributed by atoms with Crippen molar-refractivity contribution in [3.63, 3.8) is 0 Å². The van der Waals surface area contributed by atoms with Crippen LogP contribution in [0, 0.1) is 29.1 Å². The van der Waals surface area contributed by atoms with Crippen molar-refractivity contribution in [2.75, 3.05) is 0 Å². The minimum absolute atomic E-state index is 0. The van der Waals surface area contributed by atoms with Crippen molar-refractivity contribution < 1.29 is 82.9 Å². The average Bonchev–Trinajstić information content (AvgIpc) is 3.01. The van der Waals surface area contributed by atoms with Gasteiger partial charge in [0, 0.05) is 5.56 Å². The first kappa shape index (κ1) is 19.0. The zero-order chi connectivity index (χ0) is 16.7. The molecule has 2 aromatic carbocycles. The Labute approximate surface area is 173 Å². The van der Waals surface area contributed by atoms with E-state index < -0.39 is 40.5 Å². The maximum absolute atomic E-state index is 13.7. The Morgan fingerprint density at radius 3 is 1.71 bits per heavy atom. The summed E-state index contributed by atoms with van der Waals surface area (Å²) in [5.41, 5.74) is -1.08. The van der Waals surface area contributed by atoms with Crippen molar-refractivity contribution in [1.29, 1.82) is 0 Å². The summed E-state index contributed by atoms with van der Waals surface area (Å²) in [6, 6.07) is 4.96. The van der Waals surface area contributed by atoms with E-state index in [0.717, 1.165) is 0 Å². The molecular weight excluding hydrogens is 362 g/mol. The number of nitrogens with zero attached hydrogens (tertiary/aromatic N) is 2. The molecule has 0 aliphatic carbocycles. The Morgan fingerprint density at radius 2 is 1.17 bits per heavy atom. The van der Waals surface area contributed by atoms with Gasteiger partial charge in [-0.05, 0) is 0 Å². The van der Waals surface area contributed by atoms with Gasteiger partial charge in [-0.25, -0.2) is 22.0 Å². The van der Waals surface area contributed by atoms with Gasteiger partial charge in [-0.1, -0.05) is 24.3 Å². The van der Waals surface area contributed by atoms with Crippen molar-refractivity contribution in [2.45, 2.75) is 0 Å². The van der Waals surface area contributed by atoms with Crippen molar-refractivity contribution in [3.8, 4) is 28.7 Å². The normalized spacial score (nSPS) is 10.5. The summed E-state index contributed by atoms with van der Waals surface area (Å²) in [6.07, 6.45) is 0. The van der Waals surface area contributed by atoms with Gasteiger partial charge in [0.25, 0.3) is 5.89 Å². The van der Waals surface area contributed by atoms with Crippen LogP contribution >= 0.6 is 0 Å². The second kappa shape index (κ2) is 7.27. The van der Waals surface area contributed by atoms with E-state index in [1.807, 2.05) is 0 Å². The number of hydrogen-bond donors (Lipinski definition) is 0. The predicted molar refractivity (Wildman–Crippen MR) is 64.4 cm³/mol. The largest absolute Gasteiger partial charge is 1.00 e. The molecule has 0 radical (unpaired) electrons. The zero-order valence-corrected chi connectivity index (χ0v) is 15.0. The summed E-state index contributed by atoms with van der Waals surface area (Å²) in [6.45, 7) is 0. The van der Waals surface area contributed by atoms with Gasteiger partial charge in [0.05, 0.1) is 0 Å². The van der Waals surface area contributed by atoms with Crippen LogP contribution in [0.2, 0.25) is 0 Å². The molecule has 10 heteroatoms. The van der Waals surface area contributed by atoms with E-state index in [-0.39, 0.29) is 68.6 Å². The van der Waals surface area contributed by atoms with Gasteiger partial charge in [0.15, 0.2) is 23.3 Å². The molecular formula is C14H4F5KN2O2. The Hall–Kier alpha value is -1.33. The van der Waals surface area contributed by atoms with Crippen LogP contribution in [0.1, 0.15) is 0 Å². The zero-order valence-electron chi connectivity index (χ0n) is 11.9. The van der Waals surface area contributed by atoms with Crippen molar-refractivity contribution in [2.24, 2.45) is 0 Å². The Bertz CT molecular complexity index is 870. The Kier molecular flexibility index (Phi) is 5.76. The van der Waals surface area contributed by atoms with Gasteiger partial charge < -0.3 is 9.52 Å². The summed E-state index contributed by atoms with van der Waals surface area (Å²) in [4.78, 5) is 0. The first-order valence-electron chi connectivity index (χ1n) is 6.03. The van der Waals surface area contributed by atoms with Gasteiger partial charge in [-0.15, -0.1) is 15.9 Å². The molecule has 0 atom stereocenters. The number of halogens is 5. The van der Waals surface area contributed by atoms with Gasteiger partial charge in [-0.3, -0.25) is 0 Å². The fourth-order valence-electron chi connectivity index (χ4n) is 1.83. The molecule has 1 aromatic heterocycles. The molecule has 3 aromatic rings. The maximum atomic E-state index is 13.7. The minimum Gasteiger partial charge on any atom is -0.872 e. The topological polar surface area (TPSA) is 62.0 Å². The summed E-state index contributed by atoms with van der Waals surface area (Å²) in [7, 11) is 0. The molecule has 4 nitrogen and oxygen atoms in total. The van der Waals surface area contributed by atoms with E-state index in [9.17, 15) is 27.1 Å². The van der Waals surface area contributed by atoms with Crippen LogP contribution in [0.15, 0.2) is 28.7 Å². The van der Waals surface area contributed by atoms with Crippen LogP contribution in [0.25, 0.3) is 22.9 Å². The Morgan fingerprint density at radius 1 is 0.708 bits per heavy atom. The quantitative estimate of drug-likeness (QED) is 0.281. The molecule has 0 saturated heterocycles. The Balaban J connectivity index is 0.00000208.